The van der Waals surface area contributed by atoms with Gasteiger partial charge >= 0.3 is 0 Å². The lowest BCUT2D eigenvalue weighted by Gasteiger charge is -2.13. The van der Waals surface area contributed by atoms with E-state index in [2.05, 4.69) is 334 Å². The highest BCUT2D eigenvalue weighted by Crippen LogP contribution is 2.44. The van der Waals surface area contributed by atoms with Gasteiger partial charge in [-0.3, -0.25) is 0 Å². The standard InChI is InChI=1S/2C50H32N4/c1-3-15-33(16-4-1)49-50(52-44-26-10-9-25-43(44)51-49)36-19-13-17-34(29-36)35-18-14-22-38(30-35)54-46-28-12-8-24-40(46)42-31-47-41(32-48(42)54)39-23-7-11-27-45(39)53(47)37-20-5-2-6-21-37;1-3-13-35(14-4-1)49-50(52-44-20-10-9-19-43(44)51-49)36-25-23-33(24-26-36)34-27-29-38(30-28-34)54-46-22-12-8-18-40(46)42-31-47-41(32-48(42)54)39-17-7-11-21-45(39)53(47)37-15-5-2-6-16-37/h2*1-32H. The van der Waals surface area contributed by atoms with Crippen LogP contribution in [0.25, 0.3) is 199 Å². The van der Waals surface area contributed by atoms with E-state index >= 15 is 0 Å². The summed E-state index contributed by atoms with van der Waals surface area (Å²) in [4.78, 5) is 20.5. The molecule has 0 aliphatic heterocycles. The minimum Gasteiger partial charge on any atom is -0.309 e. The molecule has 0 aliphatic carbocycles. The molecule has 6 aromatic heterocycles. The van der Waals surface area contributed by atoms with Crippen molar-refractivity contribution in [3.8, 4) is 90.0 Å². The van der Waals surface area contributed by atoms with Crippen LogP contribution in [-0.2, 0) is 0 Å². The summed E-state index contributed by atoms with van der Waals surface area (Å²) in [6.07, 6.45) is 0. The van der Waals surface area contributed by atoms with Gasteiger partial charge in [-0.15, -0.1) is 0 Å². The van der Waals surface area contributed by atoms with Gasteiger partial charge in [0.1, 0.15) is 0 Å². The lowest BCUT2D eigenvalue weighted by atomic mass is 9.98. The second-order valence-corrected chi connectivity index (χ2v) is 27.7. The second kappa shape index (κ2) is 25.7. The minimum absolute atomic E-state index is 0.874. The number of fused-ring (bicyclic) bond motifs is 14. The lowest BCUT2D eigenvalue weighted by molar-refractivity contribution is 1.17. The summed E-state index contributed by atoms with van der Waals surface area (Å²) in [5.74, 6) is 0. The van der Waals surface area contributed by atoms with Crippen molar-refractivity contribution in [1.29, 1.82) is 0 Å². The van der Waals surface area contributed by atoms with Gasteiger partial charge < -0.3 is 18.3 Å². The molecule has 0 bridgehead atoms. The molecule has 6 heterocycles. The number of hydrogen-bond acceptors (Lipinski definition) is 4. The molecule has 108 heavy (non-hydrogen) atoms. The average molecular weight is 1380 g/mol. The van der Waals surface area contributed by atoms with Gasteiger partial charge in [-0.1, -0.05) is 261 Å². The fourth-order valence-corrected chi connectivity index (χ4v) is 16.4. The van der Waals surface area contributed by atoms with Crippen LogP contribution < -0.4 is 0 Å². The average Bonchev–Trinajstić information content (AvgIpc) is 1.56. The first-order chi connectivity index (χ1) is 53.6. The van der Waals surface area contributed by atoms with Crippen molar-refractivity contribution >= 4 is 109 Å². The largest absolute Gasteiger partial charge is 0.309 e. The molecule has 0 aliphatic rings. The Labute approximate surface area is 621 Å². The van der Waals surface area contributed by atoms with E-state index in [1.54, 1.807) is 0 Å². The molecule has 22 rings (SSSR count). The quantitative estimate of drug-likeness (QED) is 0.137. The zero-order valence-electron chi connectivity index (χ0n) is 58.5. The maximum Gasteiger partial charge on any atom is 0.0973 e. The molecule has 22 aromatic rings. The van der Waals surface area contributed by atoms with Gasteiger partial charge in [0, 0.05) is 88.1 Å². The Hall–Kier alpha value is -14.6. The van der Waals surface area contributed by atoms with Gasteiger partial charge in [0.25, 0.3) is 0 Å². The maximum atomic E-state index is 5.18. The van der Waals surface area contributed by atoms with Crippen LogP contribution in [0, 0.1) is 0 Å². The zero-order valence-corrected chi connectivity index (χ0v) is 58.5. The molecule has 0 saturated heterocycles. The van der Waals surface area contributed by atoms with Crippen molar-refractivity contribution in [1.82, 2.24) is 38.2 Å². The monoisotopic (exact) mass is 1380 g/mol. The van der Waals surface area contributed by atoms with Crippen LogP contribution in [0.5, 0.6) is 0 Å². The SMILES string of the molecule is c1ccc(-c2nc3ccccc3nc2-c2ccc(-c3ccc(-n4c5ccccc5c5cc6c(cc54)c4ccccc4n6-c4ccccc4)cc3)cc2)cc1.c1ccc(-c2nc3ccccc3nc2-c2cccc(-c3cccc(-n4c5ccccc5c5cc6c(cc54)c4ccccc4n6-c4ccccc4)c3)c2)cc1. The highest BCUT2D eigenvalue weighted by atomic mass is 15.0. The fraction of sp³-hybridized carbons (Fsp3) is 0. The number of nitrogens with zero attached hydrogens (tertiary/aromatic N) is 8. The number of rotatable bonds is 10. The normalized spacial score (nSPS) is 11.7. The third-order valence-corrected chi connectivity index (χ3v) is 21.4. The third-order valence-electron chi connectivity index (χ3n) is 21.4. The Kier molecular flexibility index (Phi) is 14.7. The Morgan fingerprint density at radius 2 is 0.389 bits per heavy atom. The Morgan fingerprint density at radius 3 is 0.778 bits per heavy atom. The van der Waals surface area contributed by atoms with Crippen LogP contribution in [-0.4, -0.2) is 38.2 Å². The van der Waals surface area contributed by atoms with Crippen molar-refractivity contribution in [3.63, 3.8) is 0 Å². The molecule has 0 amide bonds. The Bertz CT molecular complexity index is 7260. The van der Waals surface area contributed by atoms with Crippen molar-refractivity contribution in [2.24, 2.45) is 0 Å². The van der Waals surface area contributed by atoms with E-state index in [0.29, 0.717) is 0 Å². The van der Waals surface area contributed by atoms with E-state index in [0.717, 1.165) is 112 Å². The van der Waals surface area contributed by atoms with E-state index in [1.165, 1.54) is 87.2 Å². The number of aromatic nitrogens is 8. The van der Waals surface area contributed by atoms with Gasteiger partial charge in [-0.05, 0) is 150 Å². The zero-order chi connectivity index (χ0) is 71.2. The van der Waals surface area contributed by atoms with E-state index in [1.807, 2.05) is 72.8 Å². The molecule has 0 N–H and O–H groups in total. The van der Waals surface area contributed by atoms with Crippen LogP contribution >= 0.6 is 0 Å². The van der Waals surface area contributed by atoms with Gasteiger partial charge in [-0.2, -0.15) is 0 Å². The van der Waals surface area contributed by atoms with Gasteiger partial charge in [0.2, 0.25) is 0 Å². The first-order valence-corrected chi connectivity index (χ1v) is 36.7. The van der Waals surface area contributed by atoms with Gasteiger partial charge in [-0.25, -0.2) is 19.9 Å². The molecule has 16 aromatic carbocycles. The summed E-state index contributed by atoms with van der Waals surface area (Å²) < 4.78 is 9.63. The predicted octanol–water partition coefficient (Wildman–Crippen LogP) is 25.7. The van der Waals surface area contributed by atoms with Crippen molar-refractivity contribution < 1.29 is 0 Å². The highest BCUT2D eigenvalue weighted by molar-refractivity contribution is 6.21. The number of hydrogen-bond donors (Lipinski definition) is 0. The summed E-state index contributed by atoms with van der Waals surface area (Å²) in [6.45, 7) is 0. The molecular weight excluding hydrogens is 1310 g/mol. The Balaban J connectivity index is 0.000000138. The van der Waals surface area contributed by atoms with Crippen molar-refractivity contribution in [2.75, 3.05) is 0 Å². The summed E-state index contributed by atoms with van der Waals surface area (Å²) in [7, 11) is 0. The maximum absolute atomic E-state index is 5.18. The van der Waals surface area contributed by atoms with E-state index < -0.39 is 0 Å². The minimum atomic E-state index is 0.874. The number of benzene rings is 16. The van der Waals surface area contributed by atoms with Gasteiger partial charge in [0.05, 0.1) is 89.0 Å². The first-order valence-electron chi connectivity index (χ1n) is 36.7. The molecule has 0 atom stereocenters. The van der Waals surface area contributed by atoms with Crippen molar-refractivity contribution in [3.05, 3.63) is 388 Å². The van der Waals surface area contributed by atoms with Gasteiger partial charge in [0.15, 0.2) is 0 Å². The van der Waals surface area contributed by atoms with Crippen molar-refractivity contribution in [2.45, 2.75) is 0 Å². The summed E-state index contributed by atoms with van der Waals surface area (Å²) in [5, 5.41) is 9.92. The van der Waals surface area contributed by atoms with Crippen LogP contribution in [0.1, 0.15) is 0 Å². The molecule has 8 heteroatoms. The van der Waals surface area contributed by atoms with E-state index in [4.69, 9.17) is 19.9 Å². The molecule has 8 nitrogen and oxygen atoms in total. The second-order valence-electron chi connectivity index (χ2n) is 27.7. The molecule has 0 unspecified atom stereocenters. The third kappa shape index (κ3) is 10.4. The molecule has 0 spiro atoms. The fourth-order valence-electron chi connectivity index (χ4n) is 16.4. The number of para-hydroxylation sites is 10. The molecule has 0 fully saturated rings. The molecule has 0 saturated carbocycles. The van der Waals surface area contributed by atoms with E-state index in [-0.39, 0.29) is 0 Å². The summed E-state index contributed by atoms with van der Waals surface area (Å²) in [6, 6.07) is 138. The molecular formula is C100H64N8. The van der Waals surface area contributed by atoms with Crippen LogP contribution in [0.3, 0.4) is 0 Å². The van der Waals surface area contributed by atoms with Crippen LogP contribution in [0.4, 0.5) is 0 Å². The Morgan fingerprint density at radius 1 is 0.139 bits per heavy atom. The summed E-state index contributed by atoms with van der Waals surface area (Å²) in [5.41, 5.74) is 30.0. The van der Waals surface area contributed by atoms with Crippen LogP contribution in [0.2, 0.25) is 0 Å². The van der Waals surface area contributed by atoms with E-state index in [9.17, 15) is 0 Å². The topological polar surface area (TPSA) is 71.3 Å². The molecule has 504 valence electrons. The first kappa shape index (κ1) is 62.0. The molecule has 0 radical (unpaired) electrons. The highest BCUT2D eigenvalue weighted by Gasteiger charge is 2.23. The predicted molar refractivity (Wildman–Crippen MR) is 449 cm³/mol. The van der Waals surface area contributed by atoms with Crippen LogP contribution in [0.15, 0.2) is 388 Å². The lowest BCUT2D eigenvalue weighted by Crippen LogP contribution is -1.96. The smallest absolute Gasteiger partial charge is 0.0973 e. The summed E-state index contributed by atoms with van der Waals surface area (Å²) >= 11 is 0.